The summed E-state index contributed by atoms with van der Waals surface area (Å²) in [7, 11) is 0. The highest BCUT2D eigenvalue weighted by Crippen LogP contribution is 2.59. The van der Waals surface area contributed by atoms with Gasteiger partial charge in [-0.3, -0.25) is 9.59 Å². The summed E-state index contributed by atoms with van der Waals surface area (Å²) in [5.74, 6) is -9.11. The van der Waals surface area contributed by atoms with Gasteiger partial charge in [-0.15, -0.1) is 0 Å². The number of hydrogen-bond acceptors (Lipinski definition) is 3. The first-order valence-corrected chi connectivity index (χ1v) is 7.44. The predicted octanol–water partition coefficient (Wildman–Crippen LogP) is 3.59. The van der Waals surface area contributed by atoms with Crippen molar-refractivity contribution < 1.29 is 37.0 Å². The van der Waals surface area contributed by atoms with Gasteiger partial charge in [0.25, 0.3) is 0 Å². The monoisotopic (exact) mass is 360 g/mol. The second kappa shape index (κ2) is 6.85. The maximum Gasteiger partial charge on any atom is 0.310 e. The van der Waals surface area contributed by atoms with Crippen LogP contribution >= 0.6 is 0 Å². The molecule has 1 fully saturated rings. The molecule has 1 aliphatic carbocycles. The van der Waals surface area contributed by atoms with Gasteiger partial charge in [-0.05, 0) is 11.3 Å². The summed E-state index contributed by atoms with van der Waals surface area (Å²) in [6, 6.07) is 0.0727. The number of benzene rings is 1. The third-order valence-electron chi connectivity index (χ3n) is 4.36. The van der Waals surface area contributed by atoms with E-state index >= 15 is 0 Å². The lowest BCUT2D eigenvalue weighted by Gasteiger charge is -2.09. The van der Waals surface area contributed by atoms with Crippen molar-refractivity contribution in [3.05, 3.63) is 47.1 Å². The standard InChI is InChI=1S/C17H16F4O4/c1-17(2)9(4-3-5-12(22)23)13(17)16(24)25-7-8-14(20)10(18)6-11(19)15(8)21/h3-4,6,9,13H,5,7H2,1-2H3,(H,22,23). The van der Waals surface area contributed by atoms with Crippen molar-refractivity contribution in [2.45, 2.75) is 26.9 Å². The molecule has 0 heterocycles. The number of aliphatic carboxylic acids is 1. The van der Waals surface area contributed by atoms with Crippen LogP contribution < -0.4 is 0 Å². The van der Waals surface area contributed by atoms with E-state index in [9.17, 15) is 27.2 Å². The molecule has 0 saturated heterocycles. The average molecular weight is 360 g/mol. The molecule has 4 nitrogen and oxygen atoms in total. The van der Waals surface area contributed by atoms with Gasteiger partial charge in [0.05, 0.1) is 17.9 Å². The topological polar surface area (TPSA) is 63.6 Å². The molecule has 0 aliphatic heterocycles. The van der Waals surface area contributed by atoms with E-state index in [-0.39, 0.29) is 18.4 Å². The van der Waals surface area contributed by atoms with Crippen molar-refractivity contribution in [1.29, 1.82) is 0 Å². The molecular formula is C17H16F4O4. The van der Waals surface area contributed by atoms with Crippen LogP contribution in [0, 0.1) is 40.5 Å². The minimum atomic E-state index is -1.61. The van der Waals surface area contributed by atoms with Crippen molar-refractivity contribution in [1.82, 2.24) is 0 Å². The number of carbonyl (C=O) groups is 2. The molecule has 0 spiro atoms. The highest BCUT2D eigenvalue weighted by atomic mass is 19.2. The lowest BCUT2D eigenvalue weighted by atomic mass is 10.1. The number of allylic oxidation sites excluding steroid dienone is 1. The maximum atomic E-state index is 13.5. The molecule has 8 heteroatoms. The van der Waals surface area contributed by atoms with Crippen LogP contribution in [0.1, 0.15) is 25.8 Å². The molecule has 1 aliphatic rings. The number of rotatable bonds is 6. The zero-order valence-electron chi connectivity index (χ0n) is 13.5. The fourth-order valence-corrected chi connectivity index (χ4v) is 2.78. The highest BCUT2D eigenvalue weighted by Gasteiger charge is 2.61. The normalized spacial score (nSPS) is 21.4. The Hall–Kier alpha value is -2.38. The number of halogens is 4. The first-order valence-electron chi connectivity index (χ1n) is 7.44. The molecule has 25 heavy (non-hydrogen) atoms. The summed E-state index contributed by atoms with van der Waals surface area (Å²) in [4.78, 5) is 22.6. The van der Waals surface area contributed by atoms with Gasteiger partial charge >= 0.3 is 11.9 Å². The van der Waals surface area contributed by atoms with Gasteiger partial charge in [-0.2, -0.15) is 0 Å². The van der Waals surface area contributed by atoms with Crippen LogP contribution in [0.25, 0.3) is 0 Å². The number of ether oxygens (including phenoxy) is 1. The van der Waals surface area contributed by atoms with Crippen LogP contribution in [-0.2, 0) is 20.9 Å². The largest absolute Gasteiger partial charge is 0.481 e. The Morgan fingerprint density at radius 3 is 2.28 bits per heavy atom. The fraction of sp³-hybridized carbons (Fsp3) is 0.412. The molecule has 1 aromatic carbocycles. The molecule has 0 bridgehead atoms. The second-order valence-electron chi connectivity index (χ2n) is 6.41. The van der Waals surface area contributed by atoms with Crippen LogP contribution in [0.15, 0.2) is 18.2 Å². The summed E-state index contributed by atoms with van der Waals surface area (Å²) in [5.41, 5.74) is -1.52. The van der Waals surface area contributed by atoms with Gasteiger partial charge < -0.3 is 9.84 Å². The van der Waals surface area contributed by atoms with E-state index < -0.39 is 58.7 Å². The molecule has 2 unspecified atom stereocenters. The second-order valence-corrected chi connectivity index (χ2v) is 6.41. The minimum absolute atomic E-state index is 0.0727. The van der Waals surface area contributed by atoms with Gasteiger partial charge in [0, 0.05) is 6.07 Å². The van der Waals surface area contributed by atoms with E-state index in [1.54, 1.807) is 19.9 Å². The fourth-order valence-electron chi connectivity index (χ4n) is 2.78. The molecule has 136 valence electrons. The number of carboxylic acids is 1. The van der Waals surface area contributed by atoms with Gasteiger partial charge in [0.2, 0.25) is 0 Å². The predicted molar refractivity (Wildman–Crippen MR) is 78.2 cm³/mol. The van der Waals surface area contributed by atoms with E-state index in [0.717, 1.165) is 0 Å². The molecular weight excluding hydrogens is 344 g/mol. The molecule has 0 amide bonds. The smallest absolute Gasteiger partial charge is 0.310 e. The number of hydrogen-bond donors (Lipinski definition) is 1. The Kier molecular flexibility index (Phi) is 5.20. The molecule has 0 aromatic heterocycles. The van der Waals surface area contributed by atoms with E-state index in [1.165, 1.54) is 6.08 Å². The first-order chi connectivity index (χ1) is 11.6. The van der Waals surface area contributed by atoms with Crippen LogP contribution in [0.3, 0.4) is 0 Å². The van der Waals surface area contributed by atoms with Crippen LogP contribution in [0.4, 0.5) is 17.6 Å². The van der Waals surface area contributed by atoms with E-state index in [4.69, 9.17) is 9.84 Å². The van der Waals surface area contributed by atoms with Crippen LogP contribution in [-0.4, -0.2) is 17.0 Å². The zero-order valence-corrected chi connectivity index (χ0v) is 13.5. The summed E-state index contributed by atoms with van der Waals surface area (Å²) in [5, 5.41) is 8.58. The first kappa shape index (κ1) is 19.0. The van der Waals surface area contributed by atoms with Gasteiger partial charge in [-0.1, -0.05) is 26.0 Å². The lowest BCUT2D eigenvalue weighted by Crippen LogP contribution is -2.13. The summed E-state index contributed by atoms with van der Waals surface area (Å²) in [6.07, 6.45) is 2.78. The van der Waals surface area contributed by atoms with Crippen molar-refractivity contribution in [2.24, 2.45) is 17.3 Å². The quantitative estimate of drug-likeness (QED) is 0.364. The highest BCUT2D eigenvalue weighted by molar-refractivity contribution is 5.78. The summed E-state index contributed by atoms with van der Waals surface area (Å²) >= 11 is 0. The van der Waals surface area contributed by atoms with E-state index in [2.05, 4.69) is 0 Å². The zero-order chi connectivity index (χ0) is 18.9. The third kappa shape index (κ3) is 3.83. The van der Waals surface area contributed by atoms with Crippen molar-refractivity contribution >= 4 is 11.9 Å². The minimum Gasteiger partial charge on any atom is -0.481 e. The van der Waals surface area contributed by atoms with E-state index in [1.807, 2.05) is 0 Å². The Balaban J connectivity index is 2.04. The van der Waals surface area contributed by atoms with Crippen molar-refractivity contribution in [3.63, 3.8) is 0 Å². The molecule has 2 atom stereocenters. The Bertz CT molecular complexity index is 716. The molecule has 1 aromatic rings. The molecule has 1 saturated carbocycles. The molecule has 0 radical (unpaired) electrons. The lowest BCUT2D eigenvalue weighted by molar-refractivity contribution is -0.147. The van der Waals surface area contributed by atoms with Gasteiger partial charge in [-0.25, -0.2) is 17.6 Å². The Labute approximate surface area is 141 Å². The SMILES string of the molecule is CC1(C)C(C=CCC(=O)O)C1C(=O)OCc1c(F)c(F)cc(F)c1F. The molecule has 2 rings (SSSR count). The molecule has 1 N–H and O–H groups in total. The number of carbonyl (C=O) groups excluding carboxylic acids is 1. The van der Waals surface area contributed by atoms with E-state index in [0.29, 0.717) is 0 Å². The number of carboxylic acid groups (broad SMARTS) is 1. The third-order valence-corrected chi connectivity index (χ3v) is 4.36. The summed E-state index contributed by atoms with van der Waals surface area (Å²) in [6.45, 7) is 2.55. The summed E-state index contributed by atoms with van der Waals surface area (Å²) < 4.78 is 58.1. The van der Waals surface area contributed by atoms with Gasteiger partial charge in [0.1, 0.15) is 6.61 Å². The van der Waals surface area contributed by atoms with Gasteiger partial charge in [0.15, 0.2) is 23.3 Å². The van der Waals surface area contributed by atoms with Crippen LogP contribution in [0.2, 0.25) is 0 Å². The number of esters is 1. The Morgan fingerprint density at radius 1 is 1.20 bits per heavy atom. The van der Waals surface area contributed by atoms with Crippen molar-refractivity contribution in [3.8, 4) is 0 Å². The maximum absolute atomic E-state index is 13.5. The van der Waals surface area contributed by atoms with Crippen molar-refractivity contribution in [2.75, 3.05) is 0 Å². The van der Waals surface area contributed by atoms with Crippen LogP contribution in [0.5, 0.6) is 0 Å². The Morgan fingerprint density at radius 2 is 1.76 bits per heavy atom. The average Bonchev–Trinajstić information content (AvgIpc) is 3.06.